The molecule has 2 N–H and O–H groups in total. The molecule has 0 unspecified atom stereocenters. The number of rotatable bonds is 9. The van der Waals surface area contributed by atoms with E-state index in [1.54, 1.807) is 25.0 Å². The van der Waals surface area contributed by atoms with Crippen LogP contribution in [0.3, 0.4) is 0 Å². The van der Waals surface area contributed by atoms with Crippen molar-refractivity contribution in [3.05, 3.63) is 53.9 Å². The van der Waals surface area contributed by atoms with Crippen LogP contribution < -0.4 is 10.6 Å². The lowest BCUT2D eigenvalue weighted by atomic mass is 10.1. The second-order valence-corrected chi connectivity index (χ2v) is 8.98. The summed E-state index contributed by atoms with van der Waals surface area (Å²) >= 11 is 0. The molecule has 0 saturated carbocycles. The molecule has 0 aliphatic carbocycles. The third kappa shape index (κ3) is 6.68. The minimum absolute atomic E-state index is 0.00586. The number of tetrazole rings is 1. The number of nitrogens with zero attached hydrogens (tertiary/aromatic N) is 7. The highest BCUT2D eigenvalue weighted by Crippen LogP contribution is 2.24. The molecule has 1 aliphatic heterocycles. The van der Waals surface area contributed by atoms with Gasteiger partial charge in [-0.2, -0.15) is 9.90 Å². The van der Waals surface area contributed by atoms with Crippen molar-refractivity contribution in [3.63, 3.8) is 0 Å². The van der Waals surface area contributed by atoms with Gasteiger partial charge in [0.1, 0.15) is 6.04 Å². The van der Waals surface area contributed by atoms with Gasteiger partial charge in [-0.05, 0) is 55.3 Å². The van der Waals surface area contributed by atoms with E-state index in [4.69, 9.17) is 9.47 Å². The van der Waals surface area contributed by atoms with Gasteiger partial charge < -0.3 is 25.0 Å². The number of likely N-dealkylation sites (tertiary alicyclic amines) is 1. The molecule has 1 saturated heterocycles. The van der Waals surface area contributed by atoms with Crippen LogP contribution in [-0.2, 0) is 14.3 Å². The van der Waals surface area contributed by atoms with E-state index < -0.39 is 0 Å². The number of anilines is 2. The number of amides is 2. The molecule has 0 atom stereocenters. The summed E-state index contributed by atoms with van der Waals surface area (Å²) in [6.07, 6.45) is 4.14. The number of aryl methyl sites for hydroxylation is 2. The number of carbonyl (C=O) groups is 2. The van der Waals surface area contributed by atoms with Gasteiger partial charge in [-0.25, -0.2) is 9.31 Å². The number of hydrogen-bond acceptors (Lipinski definition) is 9. The Morgan fingerprint density at radius 3 is 2.74 bits per heavy atom. The van der Waals surface area contributed by atoms with Crippen molar-refractivity contribution in [3.8, 4) is 11.4 Å². The van der Waals surface area contributed by atoms with Crippen LogP contribution in [0.1, 0.15) is 24.1 Å². The molecule has 0 radical (unpaired) electrons. The fraction of sp³-hybridized carbons (Fsp3) is 0.385. The summed E-state index contributed by atoms with van der Waals surface area (Å²) in [7, 11) is 1.70. The number of pyridine rings is 1. The monoisotopic (exact) mass is 535 g/mol. The summed E-state index contributed by atoms with van der Waals surface area (Å²) < 4.78 is 11.8. The third-order valence-electron chi connectivity index (χ3n) is 6.20. The van der Waals surface area contributed by atoms with E-state index in [0.717, 1.165) is 28.9 Å². The lowest BCUT2D eigenvalue weighted by Gasteiger charge is -2.36. The smallest absolute Gasteiger partial charge is 0.409 e. The molecule has 4 aromatic rings. The molecule has 0 spiro atoms. The molecule has 2 amide bonds. The number of benzene rings is 1. The lowest BCUT2D eigenvalue weighted by molar-refractivity contribution is -0.105. The highest BCUT2D eigenvalue weighted by atomic mass is 16.6. The number of carbonyl (C=O) groups excluding carboxylic acids is 2. The topological polar surface area (TPSA) is 141 Å². The molecule has 1 fully saturated rings. The maximum Gasteiger partial charge on any atom is 0.409 e. The molecule has 5 rings (SSSR count). The van der Waals surface area contributed by atoms with E-state index in [1.165, 1.54) is 10.4 Å². The third-order valence-corrected chi connectivity index (χ3v) is 6.20. The van der Waals surface area contributed by atoms with Gasteiger partial charge in [0.2, 0.25) is 12.2 Å². The summed E-state index contributed by atoms with van der Waals surface area (Å²) in [5.74, 6) is 0.471. The van der Waals surface area contributed by atoms with Crippen LogP contribution in [0, 0.1) is 13.8 Å². The second-order valence-electron chi connectivity index (χ2n) is 8.98. The highest BCUT2D eigenvalue weighted by Gasteiger charge is 2.34. The van der Waals surface area contributed by atoms with E-state index in [0.29, 0.717) is 44.2 Å². The molecule has 39 heavy (non-hydrogen) atoms. The van der Waals surface area contributed by atoms with E-state index in [1.807, 2.05) is 42.0 Å². The zero-order valence-corrected chi connectivity index (χ0v) is 22.5. The number of ether oxygens (including phenoxy) is 2. The van der Waals surface area contributed by atoms with E-state index in [9.17, 15) is 9.59 Å². The molecule has 3 aromatic heterocycles. The van der Waals surface area contributed by atoms with Crippen molar-refractivity contribution < 1.29 is 19.1 Å². The Labute approximate surface area is 226 Å². The summed E-state index contributed by atoms with van der Waals surface area (Å²) in [4.78, 5) is 25.3. The number of methoxy groups -OCH3 is 1. The Kier molecular flexibility index (Phi) is 9.05. The first-order chi connectivity index (χ1) is 18.9. The Balaban J connectivity index is 0.000000202. The molecule has 1 aromatic carbocycles. The van der Waals surface area contributed by atoms with Crippen molar-refractivity contribution in [2.75, 3.05) is 50.6 Å². The van der Waals surface area contributed by atoms with Crippen molar-refractivity contribution in [1.82, 2.24) is 34.7 Å². The van der Waals surface area contributed by atoms with Crippen molar-refractivity contribution >= 4 is 29.4 Å². The fourth-order valence-corrected chi connectivity index (χ4v) is 3.95. The maximum absolute atomic E-state index is 11.6. The van der Waals surface area contributed by atoms with Gasteiger partial charge >= 0.3 is 6.09 Å². The van der Waals surface area contributed by atoms with Crippen LogP contribution in [0.5, 0.6) is 0 Å². The Bertz CT molecular complexity index is 1410. The van der Waals surface area contributed by atoms with Crippen LogP contribution >= 0.6 is 0 Å². The number of fused-ring (bicyclic) bond motifs is 1. The van der Waals surface area contributed by atoms with Crippen LogP contribution in [0.15, 0.2) is 42.7 Å². The standard InChI is InChI=1S/C15H18N6O3.C11H15N3O/c1-3-24-15(23)20-7-12(8-20)21-18-14(17-19-21)11-5-4-10(2)13(6-11)16-9-22;1-9-8-13-14-5-3-10(7-11(9)14)12-4-6-15-2/h4-6,9,12H,3,7-8H2,1-2H3,(H,16,22);3,5,7-8,12H,4,6H2,1-2H3. The predicted octanol–water partition coefficient (Wildman–Crippen LogP) is 2.93. The molecule has 0 bridgehead atoms. The number of aromatic nitrogens is 6. The van der Waals surface area contributed by atoms with Gasteiger partial charge in [-0.15, -0.1) is 10.2 Å². The molecular weight excluding hydrogens is 502 g/mol. The normalized spacial score (nSPS) is 12.9. The average Bonchev–Trinajstić information content (AvgIpc) is 3.53. The Morgan fingerprint density at radius 1 is 1.18 bits per heavy atom. The minimum atomic E-state index is -0.322. The summed E-state index contributed by atoms with van der Waals surface area (Å²) in [5.41, 5.74) is 5.84. The first-order valence-corrected chi connectivity index (χ1v) is 12.6. The largest absolute Gasteiger partial charge is 0.450 e. The zero-order valence-electron chi connectivity index (χ0n) is 22.5. The SMILES string of the molecule is CCOC(=O)N1CC(n2nnc(-c3ccc(C)c(NC=O)c3)n2)C1.COCCNc1ccn2ncc(C)c2c1. The van der Waals surface area contributed by atoms with Gasteiger partial charge in [-0.1, -0.05) is 12.1 Å². The van der Waals surface area contributed by atoms with Gasteiger partial charge in [0.15, 0.2) is 0 Å². The van der Waals surface area contributed by atoms with Gasteiger partial charge in [0.25, 0.3) is 0 Å². The highest BCUT2D eigenvalue weighted by molar-refractivity contribution is 5.76. The van der Waals surface area contributed by atoms with Crippen molar-refractivity contribution in [2.24, 2.45) is 0 Å². The van der Waals surface area contributed by atoms with Crippen LogP contribution in [-0.4, -0.2) is 87.2 Å². The van der Waals surface area contributed by atoms with Gasteiger partial charge in [0, 0.05) is 36.8 Å². The molecule has 206 valence electrons. The van der Waals surface area contributed by atoms with E-state index >= 15 is 0 Å². The summed E-state index contributed by atoms with van der Waals surface area (Å²) in [6.45, 7) is 8.62. The summed E-state index contributed by atoms with van der Waals surface area (Å²) in [5, 5.41) is 22.6. The number of hydrogen-bond donors (Lipinski definition) is 2. The molecule has 13 heteroatoms. The van der Waals surface area contributed by atoms with Gasteiger partial charge in [-0.3, -0.25) is 4.79 Å². The zero-order chi connectivity index (χ0) is 27.8. The Hall–Kier alpha value is -4.52. The minimum Gasteiger partial charge on any atom is -0.450 e. The second kappa shape index (κ2) is 12.8. The Morgan fingerprint density at radius 2 is 2.00 bits per heavy atom. The molecular formula is C26H33N9O4. The quantitative estimate of drug-likeness (QED) is 0.244. The van der Waals surface area contributed by atoms with Gasteiger partial charge in [0.05, 0.1) is 38.0 Å². The summed E-state index contributed by atoms with van der Waals surface area (Å²) in [6, 6.07) is 9.66. The van der Waals surface area contributed by atoms with Crippen LogP contribution in [0.2, 0.25) is 0 Å². The van der Waals surface area contributed by atoms with E-state index in [2.05, 4.69) is 44.1 Å². The van der Waals surface area contributed by atoms with Crippen molar-refractivity contribution in [1.29, 1.82) is 0 Å². The maximum atomic E-state index is 11.6. The molecule has 4 heterocycles. The van der Waals surface area contributed by atoms with Crippen LogP contribution in [0.25, 0.3) is 16.9 Å². The predicted molar refractivity (Wildman–Crippen MR) is 146 cm³/mol. The van der Waals surface area contributed by atoms with Crippen LogP contribution in [0.4, 0.5) is 16.2 Å². The first kappa shape index (κ1) is 27.5. The number of nitrogens with one attached hydrogen (secondary N) is 2. The van der Waals surface area contributed by atoms with Crippen molar-refractivity contribution in [2.45, 2.75) is 26.8 Å². The fourth-order valence-electron chi connectivity index (χ4n) is 3.95. The lowest BCUT2D eigenvalue weighted by Crippen LogP contribution is -2.51. The average molecular weight is 536 g/mol. The van der Waals surface area contributed by atoms with E-state index in [-0.39, 0.29) is 12.1 Å². The first-order valence-electron chi connectivity index (χ1n) is 12.6. The molecule has 1 aliphatic rings. The molecule has 13 nitrogen and oxygen atoms in total.